The van der Waals surface area contributed by atoms with E-state index in [0.717, 1.165) is 12.2 Å². The van der Waals surface area contributed by atoms with Crippen molar-refractivity contribution in [3.8, 4) is 0 Å². The van der Waals surface area contributed by atoms with E-state index in [1.54, 1.807) is 25.6 Å². The molecule has 0 aromatic carbocycles. The highest BCUT2D eigenvalue weighted by Gasteiger charge is 2.29. The molecule has 1 amide bonds. The third-order valence-corrected chi connectivity index (χ3v) is 3.45. The molecule has 5 nitrogen and oxygen atoms in total. The molecule has 0 saturated carbocycles. The second-order valence-corrected chi connectivity index (χ2v) is 6.12. The Kier molecular flexibility index (Phi) is 8.84. The van der Waals surface area contributed by atoms with E-state index in [1.807, 2.05) is 13.8 Å². The Morgan fingerprint density at radius 1 is 1.42 bits per heavy atom. The maximum Gasteiger partial charge on any atom is 0.325 e. The molecular formula is C13H26N2O3S. The van der Waals surface area contributed by atoms with Gasteiger partial charge in [-0.05, 0) is 46.3 Å². The van der Waals surface area contributed by atoms with Gasteiger partial charge in [-0.15, -0.1) is 0 Å². The molecule has 3 N–H and O–H groups in total. The van der Waals surface area contributed by atoms with Crippen molar-refractivity contribution in [2.75, 3.05) is 18.1 Å². The number of carbonyl (C=O) groups is 2. The Labute approximate surface area is 120 Å². The molecule has 0 aromatic heterocycles. The van der Waals surface area contributed by atoms with Crippen LogP contribution in [0.1, 0.15) is 40.5 Å². The van der Waals surface area contributed by atoms with Gasteiger partial charge in [0, 0.05) is 6.04 Å². The number of nitrogens with one attached hydrogen (secondary N) is 1. The largest absolute Gasteiger partial charge is 0.465 e. The van der Waals surface area contributed by atoms with Gasteiger partial charge >= 0.3 is 5.97 Å². The maximum absolute atomic E-state index is 11.5. The second kappa shape index (κ2) is 9.20. The van der Waals surface area contributed by atoms with Gasteiger partial charge in [0.15, 0.2) is 0 Å². The maximum atomic E-state index is 11.5. The third-order valence-electron chi connectivity index (χ3n) is 2.41. The van der Waals surface area contributed by atoms with Gasteiger partial charge in [0.05, 0.1) is 12.4 Å². The zero-order valence-electron chi connectivity index (χ0n) is 12.3. The van der Waals surface area contributed by atoms with Gasteiger partial charge in [-0.2, -0.15) is 11.8 Å². The number of carbonyl (C=O) groups excluding carboxylic acids is 2. The molecule has 0 aliphatic rings. The molecule has 19 heavy (non-hydrogen) atoms. The van der Waals surface area contributed by atoms with Crippen LogP contribution < -0.4 is 11.1 Å². The van der Waals surface area contributed by atoms with Gasteiger partial charge in [-0.3, -0.25) is 9.59 Å². The highest BCUT2D eigenvalue weighted by Crippen LogP contribution is 2.14. The minimum atomic E-state index is -0.934. The number of hydrogen-bond acceptors (Lipinski definition) is 5. The van der Waals surface area contributed by atoms with E-state index in [1.165, 1.54) is 0 Å². The average Bonchev–Trinajstić information content (AvgIpc) is 2.27. The smallest absolute Gasteiger partial charge is 0.325 e. The minimum Gasteiger partial charge on any atom is -0.465 e. The van der Waals surface area contributed by atoms with Crippen LogP contribution in [0.2, 0.25) is 0 Å². The van der Waals surface area contributed by atoms with E-state index in [-0.39, 0.29) is 17.9 Å². The first-order chi connectivity index (χ1) is 8.79. The van der Waals surface area contributed by atoms with Crippen LogP contribution in [-0.4, -0.2) is 41.6 Å². The summed E-state index contributed by atoms with van der Waals surface area (Å²) in [6.07, 6.45) is 1.34. The molecule has 0 aliphatic heterocycles. The highest BCUT2D eigenvalue weighted by atomic mass is 32.2. The fourth-order valence-corrected chi connectivity index (χ4v) is 2.23. The van der Waals surface area contributed by atoms with Crippen LogP contribution in [0.4, 0.5) is 0 Å². The van der Waals surface area contributed by atoms with Crippen molar-refractivity contribution in [3.05, 3.63) is 0 Å². The first-order valence-corrected chi connectivity index (χ1v) is 7.78. The number of thioether (sulfide) groups is 1. The van der Waals surface area contributed by atoms with E-state index in [0.29, 0.717) is 18.8 Å². The van der Waals surface area contributed by atoms with Crippen molar-refractivity contribution in [2.24, 2.45) is 5.73 Å². The molecule has 0 heterocycles. The van der Waals surface area contributed by atoms with Gasteiger partial charge in [-0.1, -0.05) is 0 Å². The van der Waals surface area contributed by atoms with E-state index in [2.05, 4.69) is 5.32 Å². The fraction of sp³-hybridized carbons (Fsp3) is 0.846. The van der Waals surface area contributed by atoms with Crippen molar-refractivity contribution >= 4 is 23.6 Å². The Morgan fingerprint density at radius 2 is 2.05 bits per heavy atom. The summed E-state index contributed by atoms with van der Waals surface area (Å²) in [7, 11) is 0. The van der Waals surface area contributed by atoms with Crippen LogP contribution >= 0.6 is 11.8 Å². The van der Waals surface area contributed by atoms with Crippen molar-refractivity contribution in [1.29, 1.82) is 0 Å². The molecule has 0 aliphatic carbocycles. The number of ether oxygens (including phenoxy) is 1. The quantitative estimate of drug-likeness (QED) is 0.494. The standard InChI is InChI=1S/C13H26N2O3S/c1-5-18-12(17)13(4,14)7-6-8-19-9-11(16)15-10(2)3/h10H,5-9,14H2,1-4H3,(H,15,16). The number of nitrogens with two attached hydrogens (primary N) is 1. The normalized spacial score (nSPS) is 14.0. The van der Waals surface area contributed by atoms with Crippen molar-refractivity contribution in [3.63, 3.8) is 0 Å². The fourth-order valence-electron chi connectivity index (χ4n) is 1.47. The van der Waals surface area contributed by atoms with Crippen molar-refractivity contribution in [1.82, 2.24) is 5.32 Å². The van der Waals surface area contributed by atoms with Gasteiger partial charge < -0.3 is 15.8 Å². The van der Waals surface area contributed by atoms with E-state index >= 15 is 0 Å². The lowest BCUT2D eigenvalue weighted by atomic mass is 9.98. The van der Waals surface area contributed by atoms with Crippen molar-refractivity contribution in [2.45, 2.75) is 52.1 Å². The molecule has 0 fully saturated rings. The number of rotatable bonds is 9. The molecule has 112 valence electrons. The lowest BCUT2D eigenvalue weighted by Crippen LogP contribution is -2.46. The summed E-state index contributed by atoms with van der Waals surface area (Å²) >= 11 is 1.55. The van der Waals surface area contributed by atoms with Gasteiger partial charge in [-0.25, -0.2) is 0 Å². The lowest BCUT2D eigenvalue weighted by molar-refractivity contribution is -0.149. The van der Waals surface area contributed by atoms with Crippen LogP contribution in [-0.2, 0) is 14.3 Å². The summed E-state index contributed by atoms with van der Waals surface area (Å²) in [5.41, 5.74) is 4.96. The molecule has 0 bridgehead atoms. The van der Waals surface area contributed by atoms with E-state index < -0.39 is 5.54 Å². The Morgan fingerprint density at radius 3 is 2.58 bits per heavy atom. The lowest BCUT2D eigenvalue weighted by Gasteiger charge is -2.21. The summed E-state index contributed by atoms with van der Waals surface area (Å²) < 4.78 is 4.91. The predicted molar refractivity (Wildman–Crippen MR) is 79.1 cm³/mol. The van der Waals surface area contributed by atoms with Crippen LogP contribution in [0.5, 0.6) is 0 Å². The molecule has 1 atom stereocenters. The van der Waals surface area contributed by atoms with Gasteiger partial charge in [0.1, 0.15) is 5.54 Å². The molecule has 6 heteroatoms. The minimum absolute atomic E-state index is 0.0425. The van der Waals surface area contributed by atoms with Crippen LogP contribution in [0.25, 0.3) is 0 Å². The molecule has 0 rings (SSSR count). The topological polar surface area (TPSA) is 81.4 Å². The van der Waals surface area contributed by atoms with E-state index in [9.17, 15) is 9.59 Å². The van der Waals surface area contributed by atoms with Crippen LogP contribution in [0.15, 0.2) is 0 Å². The first kappa shape index (κ1) is 18.2. The zero-order chi connectivity index (χ0) is 14.9. The molecule has 0 radical (unpaired) electrons. The van der Waals surface area contributed by atoms with Crippen molar-refractivity contribution < 1.29 is 14.3 Å². The molecular weight excluding hydrogens is 264 g/mol. The molecule has 0 saturated heterocycles. The zero-order valence-corrected chi connectivity index (χ0v) is 13.1. The summed E-state index contributed by atoms with van der Waals surface area (Å²) in [5.74, 6) is 0.926. The third kappa shape index (κ3) is 8.88. The number of amides is 1. The Bertz CT molecular complexity index is 294. The predicted octanol–water partition coefficient (Wildman–Crippen LogP) is 1.30. The van der Waals surface area contributed by atoms with Gasteiger partial charge in [0.25, 0.3) is 0 Å². The average molecular weight is 290 g/mol. The van der Waals surface area contributed by atoms with Crippen LogP contribution in [0, 0.1) is 0 Å². The first-order valence-electron chi connectivity index (χ1n) is 6.62. The Hall–Kier alpha value is -0.750. The highest BCUT2D eigenvalue weighted by molar-refractivity contribution is 7.99. The number of esters is 1. The molecule has 0 aromatic rings. The second-order valence-electron chi connectivity index (χ2n) is 5.02. The molecule has 0 spiro atoms. The van der Waals surface area contributed by atoms with Gasteiger partial charge in [0.2, 0.25) is 5.91 Å². The summed E-state index contributed by atoms with van der Waals surface area (Å²) in [6.45, 7) is 7.65. The summed E-state index contributed by atoms with van der Waals surface area (Å²) in [4.78, 5) is 22.9. The summed E-state index contributed by atoms with van der Waals surface area (Å²) in [5, 5.41) is 2.83. The summed E-state index contributed by atoms with van der Waals surface area (Å²) in [6, 6.07) is 0.171. The Balaban J connectivity index is 3.74. The van der Waals surface area contributed by atoms with Crippen LogP contribution in [0.3, 0.4) is 0 Å². The monoisotopic (exact) mass is 290 g/mol. The SMILES string of the molecule is CCOC(=O)C(C)(N)CCCSCC(=O)NC(C)C. The van der Waals surface area contributed by atoms with E-state index in [4.69, 9.17) is 10.5 Å². The number of hydrogen-bond donors (Lipinski definition) is 2. The molecule has 1 unspecified atom stereocenters.